The van der Waals surface area contributed by atoms with E-state index in [1.54, 1.807) is 6.07 Å². The maximum Gasteiger partial charge on any atom is 0.453 e. The van der Waals surface area contributed by atoms with Crippen LogP contribution in [-0.4, -0.2) is 87.4 Å². The molecule has 0 bridgehead atoms. The van der Waals surface area contributed by atoms with E-state index in [2.05, 4.69) is 32.3 Å². The molecule has 0 N–H and O–H groups in total. The number of nitrogens with zero attached hydrogens (tertiary/aromatic N) is 7. The molecule has 3 aromatic rings. The standard InChI is InChI=1S/C27H32F3N7O2/c28-27(29,30)26-32-31-23-8-9-24(33-37(23)26)35-13-10-20(11-14-35)19-2-6-22(7-3-19)39-17-1-12-34-15-16-36(21-4-5-21)25(38)18-34/h2-3,6-9,20-21H,1,4-5,10-18H2. The van der Waals surface area contributed by atoms with E-state index in [0.29, 0.717) is 44.0 Å². The summed E-state index contributed by atoms with van der Waals surface area (Å²) in [5, 5.41) is 11.0. The molecule has 1 aliphatic carbocycles. The van der Waals surface area contributed by atoms with Gasteiger partial charge >= 0.3 is 6.18 Å². The van der Waals surface area contributed by atoms with Crippen molar-refractivity contribution in [3.63, 3.8) is 0 Å². The number of halogens is 3. The number of hydrogen-bond donors (Lipinski definition) is 0. The van der Waals surface area contributed by atoms with Crippen LogP contribution in [0.4, 0.5) is 19.0 Å². The van der Waals surface area contributed by atoms with Gasteiger partial charge in [0.15, 0.2) is 5.65 Å². The molecule has 9 nitrogen and oxygen atoms in total. The van der Waals surface area contributed by atoms with Gasteiger partial charge < -0.3 is 14.5 Å². The lowest BCUT2D eigenvalue weighted by Gasteiger charge is -2.34. The lowest BCUT2D eigenvalue weighted by Crippen LogP contribution is -2.51. The lowest BCUT2D eigenvalue weighted by atomic mass is 9.89. The van der Waals surface area contributed by atoms with Crippen LogP contribution in [-0.2, 0) is 11.0 Å². The second-order valence-electron chi connectivity index (χ2n) is 10.6. The molecule has 3 aliphatic rings. The molecule has 1 amide bonds. The van der Waals surface area contributed by atoms with E-state index in [9.17, 15) is 18.0 Å². The third-order valence-corrected chi connectivity index (χ3v) is 7.88. The molecule has 12 heteroatoms. The smallest absolute Gasteiger partial charge is 0.453 e. The molecule has 1 saturated carbocycles. The summed E-state index contributed by atoms with van der Waals surface area (Å²) in [5.41, 5.74) is 1.31. The number of anilines is 1. The van der Waals surface area contributed by atoms with E-state index >= 15 is 0 Å². The minimum atomic E-state index is -4.61. The number of hydrogen-bond acceptors (Lipinski definition) is 7. The highest BCUT2D eigenvalue weighted by Crippen LogP contribution is 2.32. The first-order chi connectivity index (χ1) is 18.8. The van der Waals surface area contributed by atoms with Crippen molar-refractivity contribution in [1.82, 2.24) is 29.6 Å². The third-order valence-electron chi connectivity index (χ3n) is 7.88. The van der Waals surface area contributed by atoms with Crippen molar-refractivity contribution in [3.05, 3.63) is 47.8 Å². The number of ether oxygens (including phenoxy) is 1. The Hall–Kier alpha value is -3.41. The van der Waals surface area contributed by atoms with Gasteiger partial charge in [-0.25, -0.2) is 0 Å². The molecule has 1 aromatic carbocycles. The Labute approximate surface area is 224 Å². The van der Waals surface area contributed by atoms with Crippen LogP contribution in [0.5, 0.6) is 5.75 Å². The van der Waals surface area contributed by atoms with E-state index in [4.69, 9.17) is 4.74 Å². The van der Waals surface area contributed by atoms with Crippen molar-refractivity contribution in [3.8, 4) is 5.75 Å². The first-order valence-corrected chi connectivity index (χ1v) is 13.6. The SMILES string of the molecule is O=C1CN(CCCOc2ccc(C3CCN(c4ccc5nnc(C(F)(F)F)n5n4)CC3)cc2)CCN1C1CC1. The Morgan fingerprint density at radius 2 is 1.69 bits per heavy atom. The van der Waals surface area contributed by atoms with Crippen LogP contribution >= 0.6 is 0 Å². The van der Waals surface area contributed by atoms with Crippen molar-refractivity contribution < 1.29 is 22.7 Å². The molecule has 0 spiro atoms. The number of rotatable bonds is 8. The Balaban J connectivity index is 0.956. The zero-order chi connectivity index (χ0) is 27.0. The quantitative estimate of drug-likeness (QED) is 0.402. The summed E-state index contributed by atoms with van der Waals surface area (Å²) in [6.45, 7) is 5.16. The zero-order valence-electron chi connectivity index (χ0n) is 21.7. The third kappa shape index (κ3) is 5.80. The number of alkyl halides is 3. The van der Waals surface area contributed by atoms with Crippen molar-refractivity contribution in [2.45, 2.75) is 50.2 Å². The van der Waals surface area contributed by atoms with Gasteiger partial charge in [-0.15, -0.1) is 15.3 Å². The Bertz CT molecular complexity index is 1300. The molecule has 0 atom stereocenters. The van der Waals surface area contributed by atoms with Gasteiger partial charge in [0.25, 0.3) is 5.82 Å². The Morgan fingerprint density at radius 1 is 0.923 bits per heavy atom. The van der Waals surface area contributed by atoms with E-state index < -0.39 is 12.0 Å². The number of carbonyl (C=O) groups excluding carboxylic acids is 1. The number of piperidine rings is 1. The van der Waals surface area contributed by atoms with Gasteiger partial charge in [0, 0.05) is 38.8 Å². The highest BCUT2D eigenvalue weighted by Gasteiger charge is 2.38. The summed E-state index contributed by atoms with van der Waals surface area (Å²) in [6.07, 6.45) is 0.328. The van der Waals surface area contributed by atoms with Crippen molar-refractivity contribution in [1.29, 1.82) is 0 Å². The van der Waals surface area contributed by atoms with Crippen LogP contribution in [0.25, 0.3) is 5.65 Å². The average Bonchev–Trinajstić information content (AvgIpc) is 3.68. The minimum Gasteiger partial charge on any atom is -0.494 e. The molecule has 208 valence electrons. The zero-order valence-corrected chi connectivity index (χ0v) is 21.7. The van der Waals surface area contributed by atoms with E-state index in [-0.39, 0.29) is 11.6 Å². The minimum absolute atomic E-state index is 0.0741. The molecule has 4 heterocycles. The van der Waals surface area contributed by atoms with Gasteiger partial charge in [-0.1, -0.05) is 12.1 Å². The molecule has 3 fully saturated rings. The van der Waals surface area contributed by atoms with Crippen LogP contribution in [0.15, 0.2) is 36.4 Å². The van der Waals surface area contributed by atoms with Crippen molar-refractivity contribution in [2.24, 2.45) is 0 Å². The maximum absolute atomic E-state index is 13.2. The molecule has 2 aromatic heterocycles. The van der Waals surface area contributed by atoms with Crippen LogP contribution in [0.3, 0.4) is 0 Å². The number of piperazine rings is 1. The summed E-state index contributed by atoms with van der Waals surface area (Å²) in [4.78, 5) is 18.5. The summed E-state index contributed by atoms with van der Waals surface area (Å²) >= 11 is 0. The molecular weight excluding hydrogens is 511 g/mol. The van der Waals surface area contributed by atoms with E-state index in [1.807, 2.05) is 21.9 Å². The van der Waals surface area contributed by atoms with Crippen LogP contribution in [0.1, 0.15) is 49.4 Å². The summed E-state index contributed by atoms with van der Waals surface area (Å²) in [5.74, 6) is 0.835. The number of fused-ring (bicyclic) bond motifs is 1. The molecule has 39 heavy (non-hydrogen) atoms. The predicted molar refractivity (Wildman–Crippen MR) is 138 cm³/mol. The maximum atomic E-state index is 13.2. The number of carbonyl (C=O) groups is 1. The Morgan fingerprint density at radius 3 is 2.38 bits per heavy atom. The topological polar surface area (TPSA) is 79.1 Å². The highest BCUT2D eigenvalue weighted by atomic mass is 19.4. The van der Waals surface area contributed by atoms with Gasteiger partial charge in [-0.05, 0) is 67.9 Å². The summed E-state index contributed by atoms with van der Waals surface area (Å²) in [6, 6.07) is 11.9. The molecular formula is C27H32F3N7O2. The predicted octanol–water partition coefficient (Wildman–Crippen LogP) is 3.60. The summed E-state index contributed by atoms with van der Waals surface area (Å²) in [7, 11) is 0. The van der Waals surface area contributed by atoms with E-state index in [0.717, 1.165) is 62.0 Å². The fraction of sp³-hybridized carbons (Fsp3) is 0.556. The van der Waals surface area contributed by atoms with Crippen LogP contribution in [0, 0.1) is 0 Å². The second kappa shape index (κ2) is 10.6. The highest BCUT2D eigenvalue weighted by molar-refractivity contribution is 5.79. The first kappa shape index (κ1) is 25.8. The largest absolute Gasteiger partial charge is 0.494 e. The normalized spacial score (nSPS) is 19.7. The van der Waals surface area contributed by atoms with Crippen LogP contribution in [0.2, 0.25) is 0 Å². The summed E-state index contributed by atoms with van der Waals surface area (Å²) < 4.78 is 46.3. The van der Waals surface area contributed by atoms with Crippen molar-refractivity contribution >= 4 is 17.4 Å². The average molecular weight is 544 g/mol. The molecule has 2 aliphatic heterocycles. The van der Waals surface area contributed by atoms with Gasteiger partial charge in [0.2, 0.25) is 5.91 Å². The number of benzene rings is 1. The molecule has 0 unspecified atom stereocenters. The molecule has 6 rings (SSSR count). The van der Waals surface area contributed by atoms with Gasteiger partial charge in [0.1, 0.15) is 11.6 Å². The second-order valence-corrected chi connectivity index (χ2v) is 10.6. The monoisotopic (exact) mass is 543 g/mol. The first-order valence-electron chi connectivity index (χ1n) is 13.6. The molecule has 0 radical (unpaired) electrons. The van der Waals surface area contributed by atoms with Crippen LogP contribution < -0.4 is 9.64 Å². The van der Waals surface area contributed by atoms with Gasteiger partial charge in [-0.2, -0.15) is 17.7 Å². The Kier molecular flexibility index (Phi) is 7.05. The number of amides is 1. The fourth-order valence-electron chi connectivity index (χ4n) is 5.58. The number of aromatic nitrogens is 4. The van der Waals surface area contributed by atoms with Gasteiger partial charge in [-0.3, -0.25) is 9.69 Å². The van der Waals surface area contributed by atoms with E-state index in [1.165, 1.54) is 11.6 Å². The van der Waals surface area contributed by atoms with Gasteiger partial charge in [0.05, 0.1) is 13.2 Å². The fourth-order valence-corrected chi connectivity index (χ4v) is 5.58. The molecule has 2 saturated heterocycles. The van der Waals surface area contributed by atoms with Crippen molar-refractivity contribution in [2.75, 3.05) is 50.8 Å². The lowest BCUT2D eigenvalue weighted by molar-refractivity contribution is -0.146.